The first kappa shape index (κ1) is 25.1. The van der Waals surface area contributed by atoms with Crippen molar-refractivity contribution >= 4 is 58.0 Å². The molecule has 0 bridgehead atoms. The Morgan fingerprint density at radius 2 is 0.484 bits per heavy atom. The molecular weight excluding hydrogens is 494 g/mol. The van der Waals surface area contributed by atoms with Crippen LogP contribution in [0.25, 0.3) is 22.3 Å². The molecule has 4 aromatic rings. The quantitative estimate of drug-likeness (QED) is 0.271. The Bertz CT molecular complexity index is 932. The van der Waals surface area contributed by atoms with Crippen LogP contribution in [0.5, 0.6) is 0 Å². The fourth-order valence-electron chi connectivity index (χ4n) is 2.57. The van der Waals surface area contributed by atoms with Crippen LogP contribution in [-0.2, 0) is 11.6 Å². The maximum atomic E-state index is 8.29. The summed E-state index contributed by atoms with van der Waals surface area (Å²) in [5.74, 6) is 0. The number of hydrogen-bond donors (Lipinski definition) is 0. The van der Waals surface area contributed by atoms with Crippen LogP contribution in [0, 0.1) is 0 Å². The van der Waals surface area contributed by atoms with Gasteiger partial charge in [-0.2, -0.15) is 8.42 Å². The van der Waals surface area contributed by atoms with E-state index in [-0.39, 0.29) is 0 Å². The van der Waals surface area contributed by atoms with Gasteiger partial charge in [0, 0.05) is 20.1 Å². The SMILES string of the molecule is Clc1ccc(-c2ccc(Cl)cc2)cc1.Clc1ccc(-c2ccc(Cl)cc2)cc1.O=S=O. The summed E-state index contributed by atoms with van der Waals surface area (Å²) in [4.78, 5) is 0. The van der Waals surface area contributed by atoms with Gasteiger partial charge >= 0.3 is 11.6 Å². The molecule has 0 saturated carbocycles. The molecule has 0 fully saturated rings. The third-order valence-corrected chi connectivity index (χ3v) is 5.05. The molecule has 158 valence electrons. The summed E-state index contributed by atoms with van der Waals surface area (Å²) in [5, 5.41) is 3.01. The summed E-state index contributed by atoms with van der Waals surface area (Å²) in [7, 11) is 0. The van der Waals surface area contributed by atoms with Crippen molar-refractivity contribution in [2.24, 2.45) is 0 Å². The summed E-state index contributed by atoms with van der Waals surface area (Å²) >= 11 is 22.5. The maximum absolute atomic E-state index is 8.29. The Hall–Kier alpha value is -2.14. The summed E-state index contributed by atoms with van der Waals surface area (Å²) in [6.07, 6.45) is 0. The molecule has 0 aliphatic rings. The Labute approximate surface area is 205 Å². The topological polar surface area (TPSA) is 34.1 Å². The Kier molecular flexibility index (Phi) is 10.8. The van der Waals surface area contributed by atoms with Gasteiger partial charge in [-0.1, -0.05) is 94.9 Å². The van der Waals surface area contributed by atoms with Gasteiger partial charge in [0.05, 0.1) is 0 Å². The molecule has 0 spiro atoms. The van der Waals surface area contributed by atoms with Crippen molar-refractivity contribution in [2.75, 3.05) is 0 Å². The zero-order valence-electron chi connectivity index (χ0n) is 16.0. The van der Waals surface area contributed by atoms with E-state index in [9.17, 15) is 0 Å². The minimum atomic E-state index is -0.750. The monoisotopic (exact) mass is 508 g/mol. The number of hydrogen-bond acceptors (Lipinski definition) is 2. The van der Waals surface area contributed by atoms with E-state index in [1.807, 2.05) is 97.1 Å². The lowest BCUT2D eigenvalue weighted by Crippen LogP contribution is -1.76. The number of rotatable bonds is 2. The molecule has 0 heterocycles. The van der Waals surface area contributed by atoms with Crippen molar-refractivity contribution < 1.29 is 8.42 Å². The van der Waals surface area contributed by atoms with E-state index in [0.717, 1.165) is 42.3 Å². The fourth-order valence-corrected chi connectivity index (χ4v) is 3.07. The van der Waals surface area contributed by atoms with Crippen molar-refractivity contribution in [3.63, 3.8) is 0 Å². The zero-order valence-corrected chi connectivity index (χ0v) is 19.8. The van der Waals surface area contributed by atoms with Gasteiger partial charge in [0.1, 0.15) is 0 Å². The largest absolute Gasteiger partial charge is 0.335 e. The first-order chi connectivity index (χ1) is 14.9. The molecular formula is C24H16Cl4O2S. The average Bonchev–Trinajstić information content (AvgIpc) is 2.77. The Morgan fingerprint density at radius 1 is 0.355 bits per heavy atom. The molecule has 0 amide bonds. The Morgan fingerprint density at radius 3 is 0.613 bits per heavy atom. The van der Waals surface area contributed by atoms with E-state index < -0.39 is 11.6 Å². The second-order valence-electron chi connectivity index (χ2n) is 6.10. The zero-order chi connectivity index (χ0) is 22.6. The third-order valence-electron chi connectivity index (χ3n) is 4.04. The van der Waals surface area contributed by atoms with Crippen LogP contribution < -0.4 is 0 Å². The number of benzene rings is 4. The van der Waals surface area contributed by atoms with Gasteiger partial charge in [0.2, 0.25) is 0 Å². The molecule has 0 atom stereocenters. The van der Waals surface area contributed by atoms with Crippen LogP contribution in [0.2, 0.25) is 20.1 Å². The molecule has 0 saturated heterocycles. The van der Waals surface area contributed by atoms with Crippen molar-refractivity contribution in [3.8, 4) is 22.3 Å². The molecule has 0 unspecified atom stereocenters. The molecule has 7 heteroatoms. The third kappa shape index (κ3) is 8.86. The first-order valence-corrected chi connectivity index (χ1v) is 11.1. The minimum absolute atomic E-state index is 0.750. The predicted octanol–water partition coefficient (Wildman–Crippen LogP) is 8.65. The van der Waals surface area contributed by atoms with Gasteiger partial charge in [0.25, 0.3) is 0 Å². The van der Waals surface area contributed by atoms with Gasteiger partial charge in [-0.25, -0.2) is 0 Å². The van der Waals surface area contributed by atoms with Crippen molar-refractivity contribution in [1.29, 1.82) is 0 Å². The normalized spacial score (nSPS) is 9.55. The van der Waals surface area contributed by atoms with Crippen LogP contribution in [0.4, 0.5) is 0 Å². The highest BCUT2D eigenvalue weighted by atomic mass is 35.5. The van der Waals surface area contributed by atoms with E-state index in [2.05, 4.69) is 0 Å². The predicted molar refractivity (Wildman–Crippen MR) is 133 cm³/mol. The van der Waals surface area contributed by atoms with E-state index in [0.29, 0.717) is 0 Å². The van der Waals surface area contributed by atoms with Crippen LogP contribution in [0.3, 0.4) is 0 Å². The summed E-state index contributed by atoms with van der Waals surface area (Å²) < 4.78 is 16.6. The summed E-state index contributed by atoms with van der Waals surface area (Å²) in [5.41, 5.74) is 4.58. The van der Waals surface area contributed by atoms with Gasteiger partial charge in [-0.3, -0.25) is 0 Å². The maximum Gasteiger partial charge on any atom is 0.335 e. The fraction of sp³-hybridized carbons (Fsp3) is 0. The van der Waals surface area contributed by atoms with Crippen molar-refractivity contribution in [2.45, 2.75) is 0 Å². The highest BCUT2D eigenvalue weighted by Crippen LogP contribution is 2.24. The van der Waals surface area contributed by atoms with E-state index in [1.54, 1.807) is 0 Å². The van der Waals surface area contributed by atoms with Crippen LogP contribution in [0.1, 0.15) is 0 Å². The van der Waals surface area contributed by atoms with Crippen LogP contribution in [0.15, 0.2) is 97.1 Å². The average molecular weight is 510 g/mol. The van der Waals surface area contributed by atoms with Gasteiger partial charge in [-0.05, 0) is 70.8 Å². The van der Waals surface area contributed by atoms with Gasteiger partial charge < -0.3 is 0 Å². The van der Waals surface area contributed by atoms with Crippen molar-refractivity contribution in [1.82, 2.24) is 0 Å². The molecule has 0 aliphatic heterocycles. The molecule has 4 rings (SSSR count). The van der Waals surface area contributed by atoms with E-state index in [4.69, 9.17) is 54.8 Å². The highest BCUT2D eigenvalue weighted by Gasteiger charge is 1.97. The molecule has 0 aliphatic carbocycles. The summed E-state index contributed by atoms with van der Waals surface area (Å²) in [6.45, 7) is 0. The smallest absolute Gasteiger partial charge is 0.168 e. The van der Waals surface area contributed by atoms with Gasteiger partial charge in [0.15, 0.2) is 0 Å². The van der Waals surface area contributed by atoms with E-state index in [1.165, 1.54) is 0 Å². The second-order valence-corrected chi connectivity index (χ2v) is 7.98. The molecule has 0 N–H and O–H groups in total. The first-order valence-electron chi connectivity index (χ1n) is 8.87. The molecule has 31 heavy (non-hydrogen) atoms. The highest BCUT2D eigenvalue weighted by molar-refractivity contribution is 7.51. The molecule has 0 aromatic heterocycles. The van der Waals surface area contributed by atoms with Gasteiger partial charge in [-0.15, -0.1) is 0 Å². The second kappa shape index (κ2) is 13.3. The van der Waals surface area contributed by atoms with Crippen LogP contribution in [-0.4, -0.2) is 8.42 Å². The summed E-state index contributed by atoms with van der Waals surface area (Å²) in [6, 6.07) is 31.0. The molecule has 2 nitrogen and oxygen atoms in total. The lowest BCUT2D eigenvalue weighted by molar-refractivity contribution is 0.630. The standard InChI is InChI=1S/2C12H8Cl2.O2S/c2*13-11-5-1-9(2-6-11)10-3-7-12(14)8-4-10;1-3-2/h2*1-8H;. The number of halogens is 4. The van der Waals surface area contributed by atoms with Crippen molar-refractivity contribution in [3.05, 3.63) is 117 Å². The lowest BCUT2D eigenvalue weighted by Gasteiger charge is -2.01. The lowest BCUT2D eigenvalue weighted by atomic mass is 10.1. The minimum Gasteiger partial charge on any atom is -0.168 e. The van der Waals surface area contributed by atoms with Crippen LogP contribution >= 0.6 is 46.4 Å². The molecule has 0 radical (unpaired) electrons. The van der Waals surface area contributed by atoms with E-state index >= 15 is 0 Å². The molecule has 4 aromatic carbocycles. The Balaban J connectivity index is 0.000000196.